The largest absolute Gasteiger partial charge is 0.507 e. The van der Waals surface area contributed by atoms with Gasteiger partial charge in [0, 0.05) is 18.5 Å². The van der Waals surface area contributed by atoms with Crippen LogP contribution in [0.25, 0.3) is 21.8 Å². The lowest BCUT2D eigenvalue weighted by atomic mass is 9.95. The third kappa shape index (κ3) is 1.73. The number of ether oxygens (including phenoxy) is 2. The number of nitrogens with zero attached hydrogens (tertiary/aromatic N) is 1. The Balaban J connectivity index is 1.96. The van der Waals surface area contributed by atoms with E-state index in [1.165, 1.54) is 6.07 Å². The molecular weight excluding hydrogens is 322 g/mol. The zero-order chi connectivity index (χ0) is 17.5. The molecule has 0 bridgehead atoms. The molecule has 1 fully saturated rings. The fourth-order valence-electron chi connectivity index (χ4n) is 4.12. The third-order valence-electron chi connectivity index (χ3n) is 5.34. The van der Waals surface area contributed by atoms with Crippen molar-refractivity contribution in [3.8, 4) is 11.5 Å². The van der Waals surface area contributed by atoms with Crippen LogP contribution in [0.5, 0.6) is 11.5 Å². The van der Waals surface area contributed by atoms with Crippen molar-refractivity contribution in [1.82, 2.24) is 4.57 Å². The Kier molecular flexibility index (Phi) is 2.67. The number of phenolic OH excluding ortho intramolecular Hbond substituents is 1. The zero-order valence-corrected chi connectivity index (χ0v) is 13.8. The molecular formula is C19H17NO5. The van der Waals surface area contributed by atoms with Gasteiger partial charge in [-0.25, -0.2) is 0 Å². The molecule has 1 saturated heterocycles. The molecule has 0 aliphatic carbocycles. The number of aliphatic hydroxyl groups is 1. The first-order valence-corrected chi connectivity index (χ1v) is 8.18. The highest BCUT2D eigenvalue weighted by molar-refractivity contribution is 5.99. The number of hydrogen-bond donors (Lipinski definition) is 2. The predicted octanol–water partition coefficient (Wildman–Crippen LogP) is 1.98. The van der Waals surface area contributed by atoms with Gasteiger partial charge in [-0.1, -0.05) is 12.1 Å². The molecule has 0 unspecified atom stereocenters. The number of phenols is 1. The van der Waals surface area contributed by atoms with Gasteiger partial charge in [0.15, 0.2) is 6.10 Å². The highest BCUT2D eigenvalue weighted by Gasteiger charge is 2.53. The summed E-state index contributed by atoms with van der Waals surface area (Å²) in [4.78, 5) is 13.0. The molecule has 3 atom stereocenters. The smallest absolute Gasteiger partial charge is 0.200 e. The minimum atomic E-state index is -1.12. The number of pyridine rings is 1. The molecule has 128 valence electrons. The van der Waals surface area contributed by atoms with Gasteiger partial charge in [-0.2, -0.15) is 0 Å². The third-order valence-corrected chi connectivity index (χ3v) is 5.34. The second kappa shape index (κ2) is 4.53. The molecule has 5 rings (SSSR count). The lowest BCUT2D eigenvalue weighted by Gasteiger charge is -2.21. The van der Waals surface area contributed by atoms with E-state index >= 15 is 0 Å². The summed E-state index contributed by atoms with van der Waals surface area (Å²) in [5.74, 6) is 0.324. The Bertz CT molecular complexity index is 1110. The van der Waals surface area contributed by atoms with Crippen molar-refractivity contribution in [2.75, 3.05) is 6.61 Å². The van der Waals surface area contributed by atoms with E-state index in [2.05, 4.69) is 0 Å². The summed E-state index contributed by atoms with van der Waals surface area (Å²) in [5.41, 5.74) is 0.712. The average Bonchev–Trinajstić information content (AvgIpc) is 3.09. The summed E-state index contributed by atoms with van der Waals surface area (Å²) >= 11 is 0. The topological polar surface area (TPSA) is 80.9 Å². The molecule has 6 heteroatoms. The summed E-state index contributed by atoms with van der Waals surface area (Å²) in [6.45, 7) is 1.83. The minimum absolute atomic E-state index is 0.125. The summed E-state index contributed by atoms with van der Waals surface area (Å²) < 4.78 is 13.6. The van der Waals surface area contributed by atoms with E-state index in [1.807, 2.05) is 23.7 Å². The van der Waals surface area contributed by atoms with Gasteiger partial charge < -0.3 is 24.3 Å². The number of para-hydroxylation sites is 1. The van der Waals surface area contributed by atoms with E-state index in [0.29, 0.717) is 22.2 Å². The fraction of sp³-hybridized carbons (Fsp3) is 0.316. The van der Waals surface area contributed by atoms with Gasteiger partial charge in [-0.05, 0) is 19.1 Å². The Hall–Kier alpha value is -2.57. The SMILES string of the molecule is Cn1c2ccccc2c(=O)c2c(O)cc3c(c21)[C@H]1OC[C@@](C)(O)[C@@H]1O3. The molecule has 2 aromatic carbocycles. The first-order chi connectivity index (χ1) is 11.9. The Labute approximate surface area is 142 Å². The maximum atomic E-state index is 13.0. The number of aromatic nitrogens is 1. The normalized spacial score (nSPS) is 27.5. The monoisotopic (exact) mass is 339 g/mol. The molecule has 25 heavy (non-hydrogen) atoms. The molecule has 0 amide bonds. The second-order valence-electron chi connectivity index (χ2n) is 7.06. The van der Waals surface area contributed by atoms with Gasteiger partial charge in [-0.3, -0.25) is 4.79 Å². The van der Waals surface area contributed by atoms with Crippen molar-refractivity contribution in [2.45, 2.75) is 24.7 Å². The van der Waals surface area contributed by atoms with E-state index in [1.54, 1.807) is 19.1 Å². The van der Waals surface area contributed by atoms with Crippen molar-refractivity contribution in [3.05, 3.63) is 46.1 Å². The molecule has 0 spiro atoms. The van der Waals surface area contributed by atoms with E-state index in [-0.39, 0.29) is 23.2 Å². The summed E-state index contributed by atoms with van der Waals surface area (Å²) in [6.07, 6.45) is -1.03. The van der Waals surface area contributed by atoms with Crippen LogP contribution in [0.15, 0.2) is 35.1 Å². The number of aryl methyl sites for hydroxylation is 1. The van der Waals surface area contributed by atoms with Crippen molar-refractivity contribution >= 4 is 21.8 Å². The Morgan fingerprint density at radius 2 is 2.08 bits per heavy atom. The van der Waals surface area contributed by atoms with Crippen molar-refractivity contribution < 1.29 is 19.7 Å². The predicted molar refractivity (Wildman–Crippen MR) is 92.1 cm³/mol. The lowest BCUT2D eigenvalue weighted by Crippen LogP contribution is -2.40. The number of benzene rings is 2. The van der Waals surface area contributed by atoms with Gasteiger partial charge in [0.1, 0.15) is 23.2 Å². The number of hydrogen-bond acceptors (Lipinski definition) is 5. The van der Waals surface area contributed by atoms with E-state index in [9.17, 15) is 15.0 Å². The van der Waals surface area contributed by atoms with Gasteiger partial charge in [0.05, 0.1) is 28.6 Å². The quantitative estimate of drug-likeness (QED) is 0.612. The van der Waals surface area contributed by atoms with Gasteiger partial charge in [0.2, 0.25) is 5.43 Å². The van der Waals surface area contributed by atoms with Crippen molar-refractivity contribution in [3.63, 3.8) is 0 Å². The van der Waals surface area contributed by atoms with Crippen LogP contribution in [0.3, 0.4) is 0 Å². The number of rotatable bonds is 0. The standard InChI is InChI=1S/C19H17NO5/c1-19(23)8-24-17-14-12(25-18(17)19)7-11(21)13-15(14)20(2)10-6-4-3-5-9(10)16(13)22/h3-7,17-18,21,23H,8H2,1-2H3/t17-,18-,19-/m1/s1. The fourth-order valence-corrected chi connectivity index (χ4v) is 4.12. The van der Waals surface area contributed by atoms with Crippen molar-refractivity contribution in [1.29, 1.82) is 0 Å². The van der Waals surface area contributed by atoms with Crippen LogP contribution >= 0.6 is 0 Å². The molecule has 3 aromatic rings. The summed E-state index contributed by atoms with van der Waals surface area (Å²) in [7, 11) is 1.85. The second-order valence-corrected chi connectivity index (χ2v) is 7.06. The van der Waals surface area contributed by atoms with Crippen LogP contribution in [0.2, 0.25) is 0 Å². The van der Waals surface area contributed by atoms with E-state index < -0.39 is 17.8 Å². The van der Waals surface area contributed by atoms with Crippen LogP contribution in [0.4, 0.5) is 0 Å². The highest BCUT2D eigenvalue weighted by Crippen LogP contribution is 2.51. The number of aromatic hydroxyl groups is 1. The zero-order valence-electron chi connectivity index (χ0n) is 13.8. The number of fused-ring (bicyclic) bond motifs is 6. The van der Waals surface area contributed by atoms with E-state index in [0.717, 1.165) is 5.52 Å². The van der Waals surface area contributed by atoms with Gasteiger partial charge in [0.25, 0.3) is 0 Å². The molecule has 6 nitrogen and oxygen atoms in total. The average molecular weight is 339 g/mol. The highest BCUT2D eigenvalue weighted by atomic mass is 16.6. The van der Waals surface area contributed by atoms with Crippen molar-refractivity contribution in [2.24, 2.45) is 7.05 Å². The maximum absolute atomic E-state index is 13.0. The van der Waals surface area contributed by atoms with Crippen LogP contribution in [0, 0.1) is 0 Å². The maximum Gasteiger partial charge on any atom is 0.200 e. The van der Waals surface area contributed by atoms with Gasteiger partial charge in [-0.15, -0.1) is 0 Å². The van der Waals surface area contributed by atoms with Crippen LogP contribution in [0.1, 0.15) is 18.6 Å². The molecule has 2 N–H and O–H groups in total. The molecule has 2 aliphatic heterocycles. The minimum Gasteiger partial charge on any atom is -0.507 e. The van der Waals surface area contributed by atoms with Crippen LogP contribution in [-0.2, 0) is 11.8 Å². The first kappa shape index (κ1) is 14.7. The molecule has 2 aliphatic rings. The molecule has 0 radical (unpaired) electrons. The van der Waals surface area contributed by atoms with Crippen LogP contribution < -0.4 is 10.2 Å². The summed E-state index contributed by atoms with van der Waals surface area (Å²) in [6, 6.07) is 8.74. The Morgan fingerprint density at radius 1 is 1.32 bits per heavy atom. The molecule has 0 saturated carbocycles. The molecule has 3 heterocycles. The first-order valence-electron chi connectivity index (χ1n) is 8.18. The van der Waals surface area contributed by atoms with Crippen LogP contribution in [-0.4, -0.2) is 33.1 Å². The van der Waals surface area contributed by atoms with E-state index in [4.69, 9.17) is 9.47 Å². The lowest BCUT2D eigenvalue weighted by molar-refractivity contribution is -0.0146. The molecule has 1 aromatic heterocycles. The summed E-state index contributed by atoms with van der Waals surface area (Å²) in [5, 5.41) is 21.8. The van der Waals surface area contributed by atoms with Gasteiger partial charge >= 0.3 is 0 Å². The Morgan fingerprint density at radius 3 is 2.88 bits per heavy atom.